The zero-order valence-corrected chi connectivity index (χ0v) is 10.8. The molecule has 0 aliphatic carbocycles. The summed E-state index contributed by atoms with van der Waals surface area (Å²) in [6.45, 7) is 0. The lowest BCUT2D eigenvalue weighted by atomic mass is 10.1. The molecule has 0 N–H and O–H groups in total. The molecule has 17 heavy (non-hydrogen) atoms. The van der Waals surface area contributed by atoms with E-state index in [2.05, 4.69) is 0 Å². The lowest BCUT2D eigenvalue weighted by Gasteiger charge is -2.03. The lowest BCUT2D eigenvalue weighted by molar-refractivity contribution is 0.102. The number of ketones is 1. The predicted molar refractivity (Wildman–Crippen MR) is 73.0 cm³/mol. The van der Waals surface area contributed by atoms with Gasteiger partial charge in [0.1, 0.15) is 12.5 Å². The molecule has 2 rings (SSSR count). The highest BCUT2D eigenvalue weighted by Crippen LogP contribution is 2.16. The van der Waals surface area contributed by atoms with Crippen LogP contribution in [0.4, 0.5) is 0 Å². The van der Waals surface area contributed by atoms with Crippen LogP contribution in [0.3, 0.4) is 0 Å². The van der Waals surface area contributed by atoms with Gasteiger partial charge in [-0.15, -0.1) is 4.21 Å². The van der Waals surface area contributed by atoms with E-state index in [-0.39, 0.29) is 11.5 Å². The molecular weight excluding hydrogens is 232 g/mol. The second kappa shape index (κ2) is 4.41. The molecule has 0 radical (unpaired) electrons. The second-order valence-electron chi connectivity index (χ2n) is 4.57. The Labute approximate surface area is 102 Å². The van der Waals surface area contributed by atoms with Crippen LogP contribution in [0.5, 0.6) is 0 Å². The minimum absolute atomic E-state index is 0.0502. The third-order valence-electron chi connectivity index (χ3n) is 2.55. The van der Waals surface area contributed by atoms with Crippen molar-refractivity contribution in [2.75, 3.05) is 18.3 Å². The van der Waals surface area contributed by atoms with E-state index in [9.17, 15) is 9.00 Å². The van der Waals surface area contributed by atoms with Crippen molar-refractivity contribution in [3.63, 3.8) is 0 Å². The topological polar surface area (TPSA) is 34.1 Å². The number of benzene rings is 2. The summed E-state index contributed by atoms with van der Waals surface area (Å²) in [5, 5.41) is 2.15. The van der Waals surface area contributed by atoms with Crippen molar-refractivity contribution in [1.29, 1.82) is 0 Å². The summed E-state index contributed by atoms with van der Waals surface area (Å²) < 4.78 is 11.6. The standard InChI is InChI=1S/C14H15O2S/c1-17(2,16)10-14(15)13-8-7-11-5-3-4-6-12(11)9-13/h3-9H,10H2,1-2H3/q+1. The van der Waals surface area contributed by atoms with E-state index >= 15 is 0 Å². The van der Waals surface area contributed by atoms with Gasteiger partial charge in [0.05, 0.1) is 9.93 Å². The van der Waals surface area contributed by atoms with Crippen LogP contribution in [0, 0.1) is 0 Å². The summed E-state index contributed by atoms with van der Waals surface area (Å²) in [5.41, 5.74) is 0.639. The molecule has 0 aliphatic rings. The quantitative estimate of drug-likeness (QED) is 0.617. The number of hydrogen-bond donors (Lipinski definition) is 0. The van der Waals surface area contributed by atoms with Crippen molar-refractivity contribution < 1.29 is 9.00 Å². The van der Waals surface area contributed by atoms with Gasteiger partial charge in [0.15, 0.2) is 5.75 Å². The van der Waals surface area contributed by atoms with Crippen molar-refractivity contribution >= 4 is 26.5 Å². The van der Waals surface area contributed by atoms with Gasteiger partial charge < -0.3 is 0 Å². The van der Waals surface area contributed by atoms with Crippen LogP contribution >= 0.6 is 0 Å². The minimum atomic E-state index is -2.02. The van der Waals surface area contributed by atoms with E-state index in [1.165, 1.54) is 0 Å². The zero-order chi connectivity index (χ0) is 12.5. The molecule has 0 saturated heterocycles. The molecule has 88 valence electrons. The van der Waals surface area contributed by atoms with Crippen molar-refractivity contribution in [3.05, 3.63) is 48.0 Å². The summed E-state index contributed by atoms with van der Waals surface area (Å²) in [6.07, 6.45) is 3.23. The second-order valence-corrected chi connectivity index (χ2v) is 7.73. The van der Waals surface area contributed by atoms with Crippen LogP contribution < -0.4 is 0 Å². The van der Waals surface area contributed by atoms with Gasteiger partial charge in [0.2, 0.25) is 5.78 Å². The maximum atomic E-state index is 11.9. The number of carbonyl (C=O) groups excluding carboxylic acids is 1. The van der Waals surface area contributed by atoms with E-state index in [0.717, 1.165) is 10.8 Å². The van der Waals surface area contributed by atoms with Gasteiger partial charge in [-0.2, -0.15) is 0 Å². The first-order valence-corrected chi connectivity index (χ1v) is 7.94. The Balaban J connectivity index is 2.37. The van der Waals surface area contributed by atoms with Gasteiger partial charge in [-0.3, -0.25) is 4.79 Å². The van der Waals surface area contributed by atoms with E-state index in [1.54, 1.807) is 18.6 Å². The van der Waals surface area contributed by atoms with Gasteiger partial charge in [0.25, 0.3) is 0 Å². The van der Waals surface area contributed by atoms with E-state index in [0.29, 0.717) is 5.56 Å². The Hall–Kier alpha value is -1.48. The van der Waals surface area contributed by atoms with Crippen LogP contribution in [0.1, 0.15) is 10.4 Å². The summed E-state index contributed by atoms with van der Waals surface area (Å²) >= 11 is 0. The average molecular weight is 247 g/mol. The van der Waals surface area contributed by atoms with Crippen molar-refractivity contribution in [2.45, 2.75) is 0 Å². The van der Waals surface area contributed by atoms with Crippen molar-refractivity contribution in [2.24, 2.45) is 0 Å². The molecule has 3 heteroatoms. The highest BCUT2D eigenvalue weighted by molar-refractivity contribution is 8.02. The smallest absolute Gasteiger partial charge is 0.211 e. The van der Waals surface area contributed by atoms with Gasteiger partial charge in [-0.1, -0.05) is 36.4 Å². The summed E-state index contributed by atoms with van der Waals surface area (Å²) in [7, 11) is -2.02. The first-order chi connectivity index (χ1) is 7.96. The Kier molecular flexibility index (Phi) is 3.11. The van der Waals surface area contributed by atoms with Gasteiger partial charge in [-0.05, 0) is 16.8 Å². The molecule has 0 aromatic heterocycles. The number of carbonyl (C=O) groups is 1. The lowest BCUT2D eigenvalue weighted by Crippen LogP contribution is -2.19. The number of fused-ring (bicyclic) bond motifs is 1. The van der Waals surface area contributed by atoms with Gasteiger partial charge >= 0.3 is 0 Å². The molecular formula is C14H15O2S+. The molecule has 0 aliphatic heterocycles. The van der Waals surface area contributed by atoms with Crippen LogP contribution in [-0.4, -0.2) is 24.0 Å². The molecule has 2 nitrogen and oxygen atoms in total. The number of hydrogen-bond acceptors (Lipinski definition) is 2. The Morgan fingerprint density at radius 1 is 1.06 bits per heavy atom. The molecule has 0 heterocycles. The third-order valence-corrected chi connectivity index (χ3v) is 3.51. The molecule has 0 fully saturated rings. The van der Waals surface area contributed by atoms with Crippen LogP contribution in [0.25, 0.3) is 10.8 Å². The van der Waals surface area contributed by atoms with Crippen molar-refractivity contribution in [1.82, 2.24) is 0 Å². The highest BCUT2D eigenvalue weighted by atomic mass is 32.2. The van der Waals surface area contributed by atoms with Crippen LogP contribution in [-0.2, 0) is 14.1 Å². The fourth-order valence-corrected chi connectivity index (χ4v) is 2.56. The number of rotatable bonds is 3. The number of Topliss-reactive ketones (excluding diaryl/α,β-unsaturated/α-hetero) is 1. The normalized spacial score (nSPS) is 11.6. The summed E-state index contributed by atoms with van der Waals surface area (Å²) in [4.78, 5) is 11.9. The van der Waals surface area contributed by atoms with Gasteiger partial charge in [-0.25, -0.2) is 0 Å². The highest BCUT2D eigenvalue weighted by Gasteiger charge is 2.20. The maximum absolute atomic E-state index is 11.9. The fourth-order valence-electron chi connectivity index (χ4n) is 1.76. The first-order valence-electron chi connectivity index (χ1n) is 5.39. The molecule has 0 spiro atoms. The maximum Gasteiger partial charge on any atom is 0.211 e. The molecule has 0 bridgehead atoms. The first kappa shape index (κ1) is 12.0. The Bertz CT molecular complexity index is 610. The largest absolute Gasteiger partial charge is 0.289 e. The van der Waals surface area contributed by atoms with Crippen LogP contribution in [0.2, 0.25) is 0 Å². The molecule has 2 aromatic carbocycles. The Morgan fingerprint density at radius 3 is 2.35 bits per heavy atom. The predicted octanol–water partition coefficient (Wildman–Crippen LogP) is 2.78. The summed E-state index contributed by atoms with van der Waals surface area (Å²) in [6, 6.07) is 13.5. The van der Waals surface area contributed by atoms with E-state index in [4.69, 9.17) is 0 Å². The molecule has 2 aromatic rings. The van der Waals surface area contributed by atoms with E-state index in [1.807, 2.05) is 36.4 Å². The molecule has 0 unspecified atom stereocenters. The average Bonchev–Trinajstić information content (AvgIpc) is 2.26. The molecule has 0 saturated carbocycles. The minimum Gasteiger partial charge on any atom is -0.289 e. The SMILES string of the molecule is C[S+](C)(=O)CC(=O)c1ccc2ccccc2c1. The Morgan fingerprint density at radius 2 is 1.71 bits per heavy atom. The van der Waals surface area contributed by atoms with Crippen molar-refractivity contribution in [3.8, 4) is 0 Å². The van der Waals surface area contributed by atoms with Gasteiger partial charge in [0, 0.05) is 5.56 Å². The third kappa shape index (κ3) is 3.01. The monoisotopic (exact) mass is 247 g/mol. The fraction of sp³-hybridized carbons (Fsp3) is 0.214. The summed E-state index contributed by atoms with van der Waals surface area (Å²) in [5.74, 6) is 0.0662. The zero-order valence-electron chi connectivity index (χ0n) is 9.97. The molecule has 0 atom stereocenters. The van der Waals surface area contributed by atoms with E-state index < -0.39 is 9.93 Å². The van der Waals surface area contributed by atoms with Crippen LogP contribution in [0.15, 0.2) is 42.5 Å². The molecule has 0 amide bonds.